The molecule has 0 radical (unpaired) electrons. The lowest BCUT2D eigenvalue weighted by atomic mass is 9.97. The monoisotopic (exact) mass is 494 g/mol. The Labute approximate surface area is 214 Å². The zero-order chi connectivity index (χ0) is 25.0. The molecule has 0 bridgehead atoms. The van der Waals surface area contributed by atoms with Gasteiger partial charge in [0.2, 0.25) is 0 Å². The Morgan fingerprint density at radius 2 is 1.31 bits per heavy atom. The van der Waals surface area contributed by atoms with Gasteiger partial charge in [0, 0.05) is 22.7 Å². The summed E-state index contributed by atoms with van der Waals surface area (Å²) in [6.07, 6.45) is 1.90. The van der Waals surface area contributed by atoms with Crippen LogP contribution in [0.15, 0.2) is 130 Å². The topological polar surface area (TPSA) is 51.3 Å². The first-order chi connectivity index (χ1) is 17.5. The van der Waals surface area contributed by atoms with E-state index in [0.29, 0.717) is 5.75 Å². The van der Waals surface area contributed by atoms with Crippen molar-refractivity contribution in [1.29, 1.82) is 0 Å². The van der Waals surface area contributed by atoms with Crippen molar-refractivity contribution < 1.29 is 14.3 Å². The van der Waals surface area contributed by atoms with E-state index >= 15 is 0 Å². The van der Waals surface area contributed by atoms with Gasteiger partial charge in [-0.2, -0.15) is 0 Å². The molecule has 1 aromatic heterocycles. The lowest BCUT2D eigenvalue weighted by Crippen LogP contribution is -2.28. The van der Waals surface area contributed by atoms with Gasteiger partial charge in [0.15, 0.2) is 21.3 Å². The summed E-state index contributed by atoms with van der Waals surface area (Å²) < 4.78 is 11.6. The molecule has 0 spiro atoms. The van der Waals surface area contributed by atoms with E-state index in [1.165, 1.54) is 14.7 Å². The molecule has 1 heterocycles. The first-order valence-corrected chi connectivity index (χ1v) is 13.1. The number of carbonyl (C=O) groups excluding carboxylic acids is 1. The standard InChI is InChI=1S/C31H28NO3S/c1-31(2,28-21-32-29-16-10-9-15-27(28)29)35-30(33)22-34-23-17-19-26(20-18-23)36(24-11-5-3-6-12-24)25-13-7-4-8-14-25/h3-21,32H,22H2,1-2H3/q+1. The molecule has 0 saturated carbocycles. The van der Waals surface area contributed by atoms with Gasteiger partial charge in [0.1, 0.15) is 11.4 Å². The van der Waals surface area contributed by atoms with Crippen LogP contribution in [0.5, 0.6) is 5.75 Å². The van der Waals surface area contributed by atoms with Crippen LogP contribution in [0.3, 0.4) is 0 Å². The minimum Gasteiger partial charge on any atom is -0.482 e. The second kappa shape index (κ2) is 10.3. The Hall–Kier alpha value is -3.96. The average Bonchev–Trinajstić information content (AvgIpc) is 3.35. The van der Waals surface area contributed by atoms with Gasteiger partial charge >= 0.3 is 5.97 Å². The van der Waals surface area contributed by atoms with Gasteiger partial charge in [-0.3, -0.25) is 0 Å². The Kier molecular flexibility index (Phi) is 6.83. The van der Waals surface area contributed by atoms with Crippen LogP contribution in [0.25, 0.3) is 10.9 Å². The summed E-state index contributed by atoms with van der Waals surface area (Å²) in [5, 5.41) is 1.04. The number of para-hydroxylation sites is 1. The van der Waals surface area contributed by atoms with E-state index < -0.39 is 11.6 Å². The molecule has 5 rings (SSSR count). The minimum absolute atomic E-state index is 0.159. The van der Waals surface area contributed by atoms with Crippen LogP contribution in [0, 0.1) is 0 Å². The maximum Gasteiger partial charge on any atom is 0.345 e. The third kappa shape index (κ3) is 5.16. The van der Waals surface area contributed by atoms with Crippen LogP contribution >= 0.6 is 0 Å². The largest absolute Gasteiger partial charge is 0.482 e. The van der Waals surface area contributed by atoms with Crippen molar-refractivity contribution in [3.05, 3.63) is 121 Å². The van der Waals surface area contributed by atoms with Crippen LogP contribution in [-0.4, -0.2) is 17.6 Å². The van der Waals surface area contributed by atoms with Crippen molar-refractivity contribution in [3.8, 4) is 5.75 Å². The fourth-order valence-corrected chi connectivity index (χ4v) is 6.36. The second-order valence-electron chi connectivity index (χ2n) is 8.92. The smallest absolute Gasteiger partial charge is 0.345 e. The quantitative estimate of drug-likeness (QED) is 0.185. The van der Waals surface area contributed by atoms with E-state index in [4.69, 9.17) is 9.47 Å². The zero-order valence-corrected chi connectivity index (χ0v) is 21.1. The number of esters is 1. The molecule has 5 heteroatoms. The van der Waals surface area contributed by atoms with Crippen LogP contribution in [0.2, 0.25) is 0 Å². The number of hydrogen-bond acceptors (Lipinski definition) is 3. The molecule has 4 aromatic carbocycles. The van der Waals surface area contributed by atoms with E-state index in [1.807, 2.05) is 68.6 Å². The SMILES string of the molecule is CC(C)(OC(=O)COc1ccc([S+](c2ccccc2)c2ccccc2)cc1)c1c[nH]c2ccccc12. The number of carbonyl (C=O) groups is 1. The normalized spacial score (nSPS) is 11.5. The summed E-state index contributed by atoms with van der Waals surface area (Å²) in [6.45, 7) is 3.63. The number of hydrogen-bond donors (Lipinski definition) is 1. The maximum atomic E-state index is 12.7. The molecule has 4 nitrogen and oxygen atoms in total. The van der Waals surface area contributed by atoms with E-state index in [1.54, 1.807) is 0 Å². The van der Waals surface area contributed by atoms with Gasteiger partial charge in [-0.1, -0.05) is 54.6 Å². The van der Waals surface area contributed by atoms with Crippen molar-refractivity contribution in [3.63, 3.8) is 0 Å². The van der Waals surface area contributed by atoms with Gasteiger partial charge in [0.05, 0.1) is 10.9 Å². The molecule has 1 N–H and O–H groups in total. The van der Waals surface area contributed by atoms with Crippen molar-refractivity contribution in [2.75, 3.05) is 6.61 Å². The van der Waals surface area contributed by atoms with E-state index in [0.717, 1.165) is 16.5 Å². The first kappa shape index (κ1) is 23.8. The molecule has 0 fully saturated rings. The molecule has 0 aliphatic rings. The zero-order valence-electron chi connectivity index (χ0n) is 20.3. The summed E-state index contributed by atoms with van der Waals surface area (Å²) in [5.41, 5.74) is 1.16. The highest BCUT2D eigenvalue weighted by Crippen LogP contribution is 2.33. The Morgan fingerprint density at radius 1 is 0.750 bits per heavy atom. The number of aromatic amines is 1. The molecule has 36 heavy (non-hydrogen) atoms. The molecule has 0 atom stereocenters. The van der Waals surface area contributed by atoms with Gasteiger partial charge < -0.3 is 14.5 Å². The molecule has 5 aromatic rings. The number of H-pyrrole nitrogens is 1. The summed E-state index contributed by atoms with van der Waals surface area (Å²) in [5.74, 6) is 0.216. The lowest BCUT2D eigenvalue weighted by Gasteiger charge is -2.25. The fraction of sp³-hybridized carbons (Fsp3) is 0.129. The van der Waals surface area contributed by atoms with Crippen molar-refractivity contribution in [1.82, 2.24) is 4.98 Å². The summed E-state index contributed by atoms with van der Waals surface area (Å²) >= 11 is 0. The first-order valence-electron chi connectivity index (χ1n) is 11.9. The number of ether oxygens (including phenoxy) is 2. The van der Waals surface area contributed by atoms with E-state index in [9.17, 15) is 4.79 Å². The van der Waals surface area contributed by atoms with Crippen LogP contribution in [0.4, 0.5) is 0 Å². The highest BCUT2D eigenvalue weighted by molar-refractivity contribution is 7.97. The second-order valence-corrected chi connectivity index (χ2v) is 11.0. The number of aromatic nitrogens is 1. The predicted octanol–water partition coefficient (Wildman–Crippen LogP) is 7.12. The van der Waals surface area contributed by atoms with Gasteiger partial charge in [-0.25, -0.2) is 4.79 Å². The van der Waals surface area contributed by atoms with Crippen molar-refractivity contribution in [2.24, 2.45) is 0 Å². The van der Waals surface area contributed by atoms with Crippen LogP contribution < -0.4 is 4.74 Å². The average molecular weight is 495 g/mol. The molecular formula is C31H28NO3S+. The minimum atomic E-state index is -0.788. The summed E-state index contributed by atoms with van der Waals surface area (Å²) in [7, 11) is -0.228. The third-order valence-electron chi connectivity index (χ3n) is 5.98. The molecule has 0 saturated heterocycles. The van der Waals surface area contributed by atoms with Gasteiger partial charge in [-0.05, 0) is 68.4 Å². The van der Waals surface area contributed by atoms with Crippen LogP contribution in [-0.2, 0) is 26.0 Å². The lowest BCUT2D eigenvalue weighted by molar-refractivity contribution is -0.159. The van der Waals surface area contributed by atoms with Crippen LogP contribution in [0.1, 0.15) is 19.4 Å². The number of rotatable bonds is 8. The highest BCUT2D eigenvalue weighted by atomic mass is 32.2. The van der Waals surface area contributed by atoms with Gasteiger partial charge in [0.25, 0.3) is 0 Å². The summed E-state index contributed by atoms with van der Waals surface area (Å²) in [6, 6.07) is 36.9. The summed E-state index contributed by atoms with van der Waals surface area (Å²) in [4.78, 5) is 19.6. The molecular weight excluding hydrogens is 466 g/mol. The highest BCUT2D eigenvalue weighted by Gasteiger charge is 2.29. The van der Waals surface area contributed by atoms with Crippen molar-refractivity contribution in [2.45, 2.75) is 34.1 Å². The number of fused-ring (bicyclic) bond motifs is 1. The molecule has 0 aliphatic heterocycles. The molecule has 0 aliphatic carbocycles. The van der Waals surface area contributed by atoms with E-state index in [2.05, 4.69) is 65.6 Å². The third-order valence-corrected chi connectivity index (χ3v) is 8.21. The van der Waals surface area contributed by atoms with Crippen molar-refractivity contribution >= 4 is 27.8 Å². The number of benzene rings is 4. The Bertz CT molecular complexity index is 1400. The molecule has 0 unspecified atom stereocenters. The molecule has 180 valence electrons. The van der Waals surface area contributed by atoms with Gasteiger partial charge in [-0.15, -0.1) is 0 Å². The van der Waals surface area contributed by atoms with E-state index in [-0.39, 0.29) is 17.5 Å². The number of nitrogens with one attached hydrogen (secondary N) is 1. The molecule has 0 amide bonds. The Morgan fingerprint density at radius 3 is 1.94 bits per heavy atom. The predicted molar refractivity (Wildman–Crippen MR) is 144 cm³/mol. The fourth-order valence-electron chi connectivity index (χ4n) is 4.27. The Balaban J connectivity index is 1.26. The maximum absolute atomic E-state index is 12.7.